The summed E-state index contributed by atoms with van der Waals surface area (Å²) in [5.41, 5.74) is -0.788. The summed E-state index contributed by atoms with van der Waals surface area (Å²) in [6.07, 6.45) is -3.60. The lowest BCUT2D eigenvalue weighted by Crippen LogP contribution is -2.27. The van der Waals surface area contributed by atoms with Gasteiger partial charge in [0, 0.05) is 12.7 Å². The first kappa shape index (κ1) is 12.7. The summed E-state index contributed by atoms with van der Waals surface area (Å²) in [4.78, 5) is 18.5. The third-order valence-corrected chi connectivity index (χ3v) is 2.80. The van der Waals surface area contributed by atoms with Gasteiger partial charge in [-0.25, -0.2) is 4.98 Å². The summed E-state index contributed by atoms with van der Waals surface area (Å²) in [7, 11) is 0. The molecule has 2 rings (SSSR count). The van der Waals surface area contributed by atoms with Gasteiger partial charge in [0.15, 0.2) is 0 Å². The number of hydrogen-bond donors (Lipinski definition) is 0. The molecular weight excluding hydrogens is 247 g/mol. The molecule has 0 N–H and O–H groups in total. The van der Waals surface area contributed by atoms with Crippen molar-refractivity contribution in [2.75, 3.05) is 24.7 Å². The molecule has 18 heavy (non-hydrogen) atoms. The number of hydrogen-bond acceptors (Lipinski definition) is 3. The molecule has 0 aromatic carbocycles. The fraction of sp³-hybridized carbons (Fsp3) is 0.455. The van der Waals surface area contributed by atoms with Gasteiger partial charge in [-0.05, 0) is 19.1 Å². The lowest BCUT2D eigenvalue weighted by molar-refractivity contribution is -0.137. The molecule has 0 spiro atoms. The molecule has 0 aliphatic carbocycles. The molecule has 0 unspecified atom stereocenters. The number of aromatic nitrogens is 1. The minimum Gasteiger partial charge on any atom is -0.329 e. The third-order valence-electron chi connectivity index (χ3n) is 2.80. The molecule has 0 saturated carbocycles. The lowest BCUT2D eigenvalue weighted by Gasteiger charge is -2.17. The van der Waals surface area contributed by atoms with E-state index in [-0.39, 0.29) is 12.5 Å². The molecule has 1 amide bonds. The van der Waals surface area contributed by atoms with Gasteiger partial charge in [0.2, 0.25) is 5.91 Å². The van der Waals surface area contributed by atoms with Crippen LogP contribution in [0.4, 0.5) is 19.0 Å². The van der Waals surface area contributed by atoms with E-state index in [9.17, 15) is 18.0 Å². The molecule has 1 aromatic rings. The van der Waals surface area contributed by atoms with Crippen molar-refractivity contribution in [3.05, 3.63) is 23.9 Å². The molecule has 1 aliphatic heterocycles. The van der Waals surface area contributed by atoms with Crippen LogP contribution in [0.3, 0.4) is 0 Å². The van der Waals surface area contributed by atoms with Gasteiger partial charge < -0.3 is 9.80 Å². The summed E-state index contributed by atoms with van der Waals surface area (Å²) in [5, 5.41) is 0. The number of carbonyl (C=O) groups is 1. The number of halogens is 3. The summed E-state index contributed by atoms with van der Waals surface area (Å²) in [6, 6.07) is 2.26. The van der Waals surface area contributed by atoms with Gasteiger partial charge in [0.25, 0.3) is 0 Å². The van der Waals surface area contributed by atoms with Gasteiger partial charge in [0.05, 0.1) is 12.2 Å². The number of carbonyl (C=O) groups excluding carboxylic acids is 1. The highest BCUT2D eigenvalue weighted by Crippen LogP contribution is 2.29. The van der Waals surface area contributed by atoms with Gasteiger partial charge in [-0.15, -0.1) is 0 Å². The zero-order valence-electron chi connectivity index (χ0n) is 9.74. The number of pyridine rings is 1. The van der Waals surface area contributed by atoms with Gasteiger partial charge in [-0.3, -0.25) is 4.79 Å². The Morgan fingerprint density at radius 2 is 2.11 bits per heavy atom. The zero-order chi connectivity index (χ0) is 13.3. The molecule has 1 aliphatic rings. The number of rotatable bonds is 2. The molecule has 2 heterocycles. The Hall–Kier alpha value is -1.79. The topological polar surface area (TPSA) is 36.4 Å². The van der Waals surface area contributed by atoms with Crippen LogP contribution in [0.1, 0.15) is 12.5 Å². The van der Waals surface area contributed by atoms with Crippen molar-refractivity contribution in [1.29, 1.82) is 0 Å². The fourth-order valence-corrected chi connectivity index (χ4v) is 1.77. The van der Waals surface area contributed by atoms with E-state index in [0.717, 1.165) is 12.3 Å². The summed E-state index contributed by atoms with van der Waals surface area (Å²) < 4.78 is 37.1. The Morgan fingerprint density at radius 3 is 2.56 bits per heavy atom. The zero-order valence-corrected chi connectivity index (χ0v) is 9.74. The molecule has 1 fully saturated rings. The number of amides is 1. The van der Waals surface area contributed by atoms with Crippen LogP contribution in [0.5, 0.6) is 0 Å². The number of likely N-dealkylation sites (N-methyl/N-ethyl adjacent to an activating group) is 1. The SMILES string of the molecule is CCN1CN(c2ccc(C(F)(F)F)cn2)CC1=O. The average molecular weight is 259 g/mol. The van der Waals surface area contributed by atoms with E-state index in [1.165, 1.54) is 6.07 Å². The van der Waals surface area contributed by atoms with Crippen molar-refractivity contribution in [3.8, 4) is 0 Å². The van der Waals surface area contributed by atoms with E-state index in [1.54, 1.807) is 9.80 Å². The fourth-order valence-electron chi connectivity index (χ4n) is 1.77. The van der Waals surface area contributed by atoms with E-state index >= 15 is 0 Å². The number of anilines is 1. The Bertz CT molecular complexity index is 444. The molecule has 0 atom stereocenters. The average Bonchev–Trinajstić information content (AvgIpc) is 2.69. The van der Waals surface area contributed by atoms with Crippen LogP contribution in [0, 0.1) is 0 Å². The second-order valence-electron chi connectivity index (χ2n) is 3.99. The largest absolute Gasteiger partial charge is 0.417 e. The highest BCUT2D eigenvalue weighted by molar-refractivity contribution is 5.84. The molecular formula is C11H12F3N3O. The van der Waals surface area contributed by atoms with Gasteiger partial charge in [-0.2, -0.15) is 13.2 Å². The van der Waals surface area contributed by atoms with Crippen molar-refractivity contribution in [2.45, 2.75) is 13.1 Å². The minimum atomic E-state index is -4.39. The first-order chi connectivity index (χ1) is 8.41. The molecule has 1 saturated heterocycles. The van der Waals surface area contributed by atoms with Crippen LogP contribution in [-0.4, -0.2) is 35.5 Å². The molecule has 7 heteroatoms. The van der Waals surface area contributed by atoms with Crippen molar-refractivity contribution in [2.24, 2.45) is 0 Å². The van der Waals surface area contributed by atoms with E-state index < -0.39 is 11.7 Å². The first-order valence-electron chi connectivity index (χ1n) is 5.48. The summed E-state index contributed by atoms with van der Waals surface area (Å²) >= 11 is 0. The highest BCUT2D eigenvalue weighted by atomic mass is 19.4. The van der Waals surface area contributed by atoms with Crippen molar-refractivity contribution in [3.63, 3.8) is 0 Å². The standard InChI is InChI=1S/C11H12F3N3O/c1-2-16-7-17(6-10(16)18)9-4-3-8(5-15-9)11(12,13)14/h3-5H,2,6-7H2,1H3. The summed E-state index contributed by atoms with van der Waals surface area (Å²) in [6.45, 7) is 2.96. The van der Waals surface area contributed by atoms with Crippen molar-refractivity contribution in [1.82, 2.24) is 9.88 Å². The van der Waals surface area contributed by atoms with E-state index in [4.69, 9.17) is 0 Å². The molecule has 98 valence electrons. The van der Waals surface area contributed by atoms with Crippen LogP contribution in [-0.2, 0) is 11.0 Å². The maximum absolute atomic E-state index is 12.4. The Balaban J connectivity index is 2.14. The van der Waals surface area contributed by atoms with Gasteiger partial charge in [0.1, 0.15) is 12.4 Å². The highest BCUT2D eigenvalue weighted by Gasteiger charge is 2.32. The number of nitrogens with zero attached hydrogens (tertiary/aromatic N) is 3. The monoisotopic (exact) mass is 259 g/mol. The van der Waals surface area contributed by atoms with Crippen LogP contribution < -0.4 is 4.90 Å². The van der Waals surface area contributed by atoms with E-state index in [0.29, 0.717) is 19.0 Å². The quantitative estimate of drug-likeness (QED) is 0.811. The van der Waals surface area contributed by atoms with Crippen molar-refractivity contribution < 1.29 is 18.0 Å². The van der Waals surface area contributed by atoms with Gasteiger partial charge in [-0.1, -0.05) is 0 Å². The first-order valence-corrected chi connectivity index (χ1v) is 5.48. The maximum atomic E-state index is 12.4. The Morgan fingerprint density at radius 1 is 1.39 bits per heavy atom. The lowest BCUT2D eigenvalue weighted by atomic mass is 10.3. The van der Waals surface area contributed by atoms with Crippen LogP contribution in [0.15, 0.2) is 18.3 Å². The second-order valence-corrected chi connectivity index (χ2v) is 3.99. The maximum Gasteiger partial charge on any atom is 0.417 e. The van der Waals surface area contributed by atoms with Crippen LogP contribution in [0.25, 0.3) is 0 Å². The van der Waals surface area contributed by atoms with E-state index in [2.05, 4.69) is 4.98 Å². The molecule has 0 bridgehead atoms. The minimum absolute atomic E-state index is 0.0424. The van der Waals surface area contributed by atoms with Crippen molar-refractivity contribution >= 4 is 11.7 Å². The Labute approximate surface area is 102 Å². The van der Waals surface area contributed by atoms with Crippen LogP contribution >= 0.6 is 0 Å². The molecule has 1 aromatic heterocycles. The molecule has 4 nitrogen and oxygen atoms in total. The summed E-state index contributed by atoms with van der Waals surface area (Å²) in [5.74, 6) is 0.339. The van der Waals surface area contributed by atoms with E-state index in [1.807, 2.05) is 6.92 Å². The predicted molar refractivity (Wildman–Crippen MR) is 58.8 cm³/mol. The second kappa shape index (κ2) is 4.47. The predicted octanol–water partition coefficient (Wildman–Crippen LogP) is 1.73. The Kier molecular flexibility index (Phi) is 3.14. The van der Waals surface area contributed by atoms with Crippen LogP contribution in [0.2, 0.25) is 0 Å². The third kappa shape index (κ3) is 2.39. The number of alkyl halides is 3. The molecule has 0 radical (unpaired) electrons. The smallest absolute Gasteiger partial charge is 0.329 e. The van der Waals surface area contributed by atoms with Gasteiger partial charge >= 0.3 is 6.18 Å². The normalized spacial score (nSPS) is 16.6.